The maximum Gasteiger partial charge on any atom is 0.227 e. The Morgan fingerprint density at radius 1 is 1.04 bits per heavy atom. The van der Waals surface area contributed by atoms with Crippen molar-refractivity contribution < 1.29 is 4.79 Å². The lowest BCUT2D eigenvalue weighted by Gasteiger charge is -2.25. The van der Waals surface area contributed by atoms with Gasteiger partial charge in [0.1, 0.15) is 0 Å². The molecule has 0 bridgehead atoms. The minimum atomic E-state index is 0.243. The Morgan fingerprint density at radius 3 is 2.72 bits per heavy atom. The standard InChI is InChI=1S/C22H24N2O/c25-22(14-19-15-23-21-12-5-4-11-20(19)21)24-13-7-6-10-18(16-24)17-8-2-1-3-9-17/h1-5,8-9,11-12,15,18,23H,6-7,10,13-14,16H2. The lowest BCUT2D eigenvalue weighted by Crippen LogP contribution is -2.35. The second kappa shape index (κ2) is 7.14. The topological polar surface area (TPSA) is 36.1 Å². The number of rotatable bonds is 3. The first-order valence-electron chi connectivity index (χ1n) is 9.19. The average Bonchev–Trinajstić information content (AvgIpc) is 2.90. The summed E-state index contributed by atoms with van der Waals surface area (Å²) < 4.78 is 0. The number of carbonyl (C=O) groups is 1. The average molecular weight is 332 g/mol. The van der Waals surface area contributed by atoms with E-state index in [1.165, 1.54) is 18.4 Å². The summed E-state index contributed by atoms with van der Waals surface area (Å²) in [4.78, 5) is 18.3. The number of benzene rings is 2. The van der Waals surface area contributed by atoms with Crippen molar-refractivity contribution in [2.45, 2.75) is 31.6 Å². The number of H-pyrrole nitrogens is 1. The molecule has 1 fully saturated rings. The Balaban J connectivity index is 1.50. The van der Waals surface area contributed by atoms with Crippen molar-refractivity contribution in [3.05, 3.63) is 71.9 Å². The maximum absolute atomic E-state index is 13.0. The van der Waals surface area contributed by atoms with E-state index in [9.17, 15) is 4.79 Å². The van der Waals surface area contributed by atoms with Gasteiger partial charge in [0.15, 0.2) is 0 Å². The number of para-hydroxylation sites is 1. The van der Waals surface area contributed by atoms with Gasteiger partial charge in [-0.05, 0) is 30.0 Å². The molecule has 1 unspecified atom stereocenters. The molecule has 25 heavy (non-hydrogen) atoms. The number of hydrogen-bond acceptors (Lipinski definition) is 1. The number of fused-ring (bicyclic) bond motifs is 1. The van der Waals surface area contributed by atoms with E-state index >= 15 is 0 Å². The fraction of sp³-hybridized carbons (Fsp3) is 0.318. The third-order valence-electron chi connectivity index (χ3n) is 5.31. The second-order valence-corrected chi connectivity index (χ2v) is 6.98. The van der Waals surface area contributed by atoms with Gasteiger partial charge in [-0.25, -0.2) is 0 Å². The van der Waals surface area contributed by atoms with Crippen LogP contribution in [0.3, 0.4) is 0 Å². The molecule has 1 amide bonds. The predicted octanol–water partition coefficient (Wildman–Crippen LogP) is 4.51. The van der Waals surface area contributed by atoms with Crippen molar-refractivity contribution in [2.75, 3.05) is 13.1 Å². The molecule has 1 atom stereocenters. The van der Waals surface area contributed by atoms with Gasteiger partial charge in [-0.2, -0.15) is 0 Å². The Bertz CT molecular complexity index is 853. The van der Waals surface area contributed by atoms with E-state index in [-0.39, 0.29) is 5.91 Å². The van der Waals surface area contributed by atoms with Gasteiger partial charge in [-0.3, -0.25) is 4.79 Å². The number of nitrogens with one attached hydrogen (secondary N) is 1. The van der Waals surface area contributed by atoms with Crippen molar-refractivity contribution >= 4 is 16.8 Å². The largest absolute Gasteiger partial charge is 0.361 e. The maximum atomic E-state index is 13.0. The van der Waals surface area contributed by atoms with Crippen LogP contribution in [0, 0.1) is 0 Å². The number of hydrogen-bond donors (Lipinski definition) is 1. The Kier molecular flexibility index (Phi) is 4.55. The summed E-state index contributed by atoms with van der Waals surface area (Å²) in [5, 5.41) is 1.16. The van der Waals surface area contributed by atoms with Crippen LogP contribution >= 0.6 is 0 Å². The molecule has 2 heterocycles. The van der Waals surface area contributed by atoms with E-state index in [4.69, 9.17) is 0 Å². The fourth-order valence-corrected chi connectivity index (χ4v) is 3.92. The number of likely N-dealkylation sites (tertiary alicyclic amines) is 1. The molecule has 2 aromatic carbocycles. The van der Waals surface area contributed by atoms with Gasteiger partial charge < -0.3 is 9.88 Å². The second-order valence-electron chi connectivity index (χ2n) is 6.98. The first-order chi connectivity index (χ1) is 12.3. The van der Waals surface area contributed by atoms with Crippen LogP contribution in [0.15, 0.2) is 60.8 Å². The Hall–Kier alpha value is -2.55. The molecule has 0 spiro atoms. The molecule has 1 aliphatic heterocycles. The zero-order chi connectivity index (χ0) is 17.1. The molecule has 1 N–H and O–H groups in total. The lowest BCUT2D eigenvalue weighted by atomic mass is 9.94. The number of amides is 1. The highest BCUT2D eigenvalue weighted by Gasteiger charge is 2.23. The molecule has 1 saturated heterocycles. The van der Waals surface area contributed by atoms with Gasteiger partial charge >= 0.3 is 0 Å². The summed E-state index contributed by atoms with van der Waals surface area (Å²) in [7, 11) is 0. The predicted molar refractivity (Wildman–Crippen MR) is 102 cm³/mol. The first-order valence-corrected chi connectivity index (χ1v) is 9.19. The lowest BCUT2D eigenvalue weighted by molar-refractivity contribution is -0.130. The van der Waals surface area contributed by atoms with E-state index in [1.54, 1.807) is 0 Å². The minimum absolute atomic E-state index is 0.243. The summed E-state index contributed by atoms with van der Waals surface area (Å²) in [5.74, 6) is 0.697. The van der Waals surface area contributed by atoms with Crippen LogP contribution in [0.25, 0.3) is 10.9 Å². The van der Waals surface area contributed by atoms with E-state index in [0.29, 0.717) is 12.3 Å². The van der Waals surface area contributed by atoms with E-state index in [0.717, 1.165) is 36.0 Å². The molecular formula is C22H24N2O. The SMILES string of the molecule is O=C(Cc1c[nH]c2ccccc12)N1CCCCC(c2ccccc2)C1. The molecule has 0 radical (unpaired) electrons. The molecular weight excluding hydrogens is 308 g/mol. The van der Waals surface area contributed by atoms with E-state index < -0.39 is 0 Å². The van der Waals surface area contributed by atoms with Gasteiger partial charge in [0.2, 0.25) is 5.91 Å². The van der Waals surface area contributed by atoms with Gasteiger partial charge in [0.05, 0.1) is 6.42 Å². The van der Waals surface area contributed by atoms with Crippen LogP contribution in [-0.2, 0) is 11.2 Å². The van der Waals surface area contributed by atoms with Crippen LogP contribution in [0.4, 0.5) is 0 Å². The number of aromatic amines is 1. The number of carbonyl (C=O) groups excluding carboxylic acids is 1. The van der Waals surface area contributed by atoms with Crippen molar-refractivity contribution in [3.8, 4) is 0 Å². The van der Waals surface area contributed by atoms with E-state index in [2.05, 4.69) is 52.3 Å². The van der Waals surface area contributed by atoms with Gasteiger partial charge in [-0.15, -0.1) is 0 Å². The normalized spacial score (nSPS) is 18.2. The quantitative estimate of drug-likeness (QED) is 0.753. The molecule has 0 aliphatic carbocycles. The molecule has 0 saturated carbocycles. The van der Waals surface area contributed by atoms with Crippen molar-refractivity contribution in [2.24, 2.45) is 0 Å². The first kappa shape index (κ1) is 15.9. The van der Waals surface area contributed by atoms with Crippen LogP contribution in [0.5, 0.6) is 0 Å². The molecule has 4 rings (SSSR count). The van der Waals surface area contributed by atoms with Crippen LogP contribution in [-0.4, -0.2) is 28.9 Å². The molecule has 3 aromatic rings. The van der Waals surface area contributed by atoms with E-state index in [1.807, 2.05) is 18.3 Å². The zero-order valence-corrected chi connectivity index (χ0v) is 14.4. The summed E-state index contributed by atoms with van der Waals surface area (Å²) in [6.07, 6.45) is 5.92. The van der Waals surface area contributed by atoms with Crippen molar-refractivity contribution in [1.29, 1.82) is 0 Å². The van der Waals surface area contributed by atoms with Crippen LogP contribution in [0.2, 0.25) is 0 Å². The summed E-state index contributed by atoms with van der Waals surface area (Å²) in [6, 6.07) is 18.8. The smallest absolute Gasteiger partial charge is 0.227 e. The summed E-state index contributed by atoms with van der Waals surface area (Å²) >= 11 is 0. The highest BCUT2D eigenvalue weighted by molar-refractivity contribution is 5.88. The van der Waals surface area contributed by atoms with Crippen LogP contribution < -0.4 is 0 Å². The van der Waals surface area contributed by atoms with Crippen LogP contribution in [0.1, 0.15) is 36.3 Å². The third kappa shape index (κ3) is 3.46. The summed E-state index contributed by atoms with van der Waals surface area (Å²) in [6.45, 7) is 1.72. The van der Waals surface area contributed by atoms with Crippen molar-refractivity contribution in [3.63, 3.8) is 0 Å². The third-order valence-corrected chi connectivity index (χ3v) is 5.31. The zero-order valence-electron chi connectivity index (χ0n) is 14.4. The highest BCUT2D eigenvalue weighted by atomic mass is 16.2. The monoisotopic (exact) mass is 332 g/mol. The van der Waals surface area contributed by atoms with Crippen molar-refractivity contribution in [1.82, 2.24) is 9.88 Å². The molecule has 3 nitrogen and oxygen atoms in total. The molecule has 1 aromatic heterocycles. The van der Waals surface area contributed by atoms with Gasteiger partial charge in [0.25, 0.3) is 0 Å². The highest BCUT2D eigenvalue weighted by Crippen LogP contribution is 2.27. The van der Waals surface area contributed by atoms with Gasteiger partial charge in [-0.1, -0.05) is 55.0 Å². The fourth-order valence-electron chi connectivity index (χ4n) is 3.92. The number of nitrogens with zero attached hydrogens (tertiary/aromatic N) is 1. The molecule has 3 heteroatoms. The minimum Gasteiger partial charge on any atom is -0.361 e. The Morgan fingerprint density at radius 2 is 1.84 bits per heavy atom. The Labute approximate surface area is 148 Å². The summed E-state index contributed by atoms with van der Waals surface area (Å²) in [5.41, 5.74) is 3.55. The van der Waals surface area contributed by atoms with Gasteiger partial charge in [0, 0.05) is 36.1 Å². The number of aromatic nitrogens is 1. The molecule has 1 aliphatic rings. The molecule has 128 valence electrons.